The molecular weight excluding hydrogens is 394 g/mol. The van der Waals surface area contributed by atoms with Gasteiger partial charge in [0.05, 0.1) is 18.4 Å². The van der Waals surface area contributed by atoms with Crippen LogP contribution in [-0.4, -0.2) is 47.3 Å². The zero-order chi connectivity index (χ0) is 21.8. The monoisotopic (exact) mass is 419 g/mol. The van der Waals surface area contributed by atoms with Crippen molar-refractivity contribution >= 4 is 34.2 Å². The minimum atomic E-state index is -0.526. The first-order valence-corrected chi connectivity index (χ1v) is 10.4. The second-order valence-corrected chi connectivity index (χ2v) is 7.62. The standard InChI is InChI=1S/C24H25N3O4/c1-31-21-12-6-4-10-19(21)25-22(28)16-27-15-18(17-9-3-5-11-20(17)27)23(29)24(30)26-13-7-2-8-14-26/h3-6,9-12,15H,2,7-8,13-14,16H2,1H3,(H,25,28). The van der Waals surface area contributed by atoms with E-state index < -0.39 is 11.7 Å². The quantitative estimate of drug-likeness (QED) is 0.490. The van der Waals surface area contributed by atoms with Crippen LogP contribution in [0, 0.1) is 0 Å². The van der Waals surface area contributed by atoms with Crippen molar-refractivity contribution in [3.8, 4) is 5.75 Å². The molecule has 0 atom stereocenters. The van der Waals surface area contributed by atoms with Gasteiger partial charge in [0.2, 0.25) is 5.91 Å². The molecule has 0 bridgehead atoms. The molecule has 31 heavy (non-hydrogen) atoms. The molecule has 0 radical (unpaired) electrons. The summed E-state index contributed by atoms with van der Waals surface area (Å²) < 4.78 is 6.98. The second kappa shape index (κ2) is 9.04. The molecule has 1 N–H and O–H groups in total. The van der Waals surface area contributed by atoms with E-state index in [1.807, 2.05) is 30.3 Å². The third-order valence-corrected chi connectivity index (χ3v) is 5.57. The van der Waals surface area contributed by atoms with Gasteiger partial charge in [0, 0.05) is 30.2 Å². The summed E-state index contributed by atoms with van der Waals surface area (Å²) in [6.45, 7) is 1.23. The molecule has 1 fully saturated rings. The lowest BCUT2D eigenvalue weighted by Crippen LogP contribution is -2.40. The Bertz CT molecular complexity index is 1130. The van der Waals surface area contributed by atoms with E-state index in [0.717, 1.165) is 24.8 Å². The Morgan fingerprint density at radius 1 is 0.968 bits per heavy atom. The van der Waals surface area contributed by atoms with E-state index in [1.165, 1.54) is 0 Å². The molecule has 1 aromatic heterocycles. The fourth-order valence-electron chi connectivity index (χ4n) is 4.01. The molecule has 0 aliphatic carbocycles. The number of amides is 2. The van der Waals surface area contributed by atoms with E-state index in [-0.39, 0.29) is 12.5 Å². The van der Waals surface area contributed by atoms with Crippen molar-refractivity contribution in [2.24, 2.45) is 0 Å². The highest BCUT2D eigenvalue weighted by atomic mass is 16.5. The van der Waals surface area contributed by atoms with Crippen molar-refractivity contribution in [2.75, 3.05) is 25.5 Å². The fourth-order valence-corrected chi connectivity index (χ4v) is 4.01. The van der Waals surface area contributed by atoms with Gasteiger partial charge in [-0.15, -0.1) is 0 Å². The normalized spacial score (nSPS) is 13.8. The molecule has 4 rings (SSSR count). The van der Waals surface area contributed by atoms with Crippen molar-refractivity contribution < 1.29 is 19.1 Å². The number of carbonyl (C=O) groups excluding carboxylic acids is 3. The molecule has 1 aliphatic heterocycles. The average Bonchev–Trinajstić information content (AvgIpc) is 3.17. The van der Waals surface area contributed by atoms with E-state index in [0.29, 0.717) is 35.5 Å². The number of hydrogen-bond donors (Lipinski definition) is 1. The number of carbonyl (C=O) groups is 3. The van der Waals surface area contributed by atoms with Crippen LogP contribution in [0.4, 0.5) is 5.69 Å². The Balaban J connectivity index is 1.58. The Labute approximate surface area is 180 Å². The van der Waals surface area contributed by atoms with E-state index in [4.69, 9.17) is 4.74 Å². The number of ketones is 1. The Kier molecular flexibility index (Phi) is 6.02. The second-order valence-electron chi connectivity index (χ2n) is 7.62. The summed E-state index contributed by atoms with van der Waals surface area (Å²) in [7, 11) is 1.54. The average molecular weight is 419 g/mol. The number of Topliss-reactive ketones (excluding diaryl/α,β-unsaturated/α-hetero) is 1. The van der Waals surface area contributed by atoms with Gasteiger partial charge in [-0.25, -0.2) is 0 Å². The SMILES string of the molecule is COc1ccccc1NC(=O)Cn1cc(C(=O)C(=O)N2CCCCC2)c2ccccc21. The zero-order valence-electron chi connectivity index (χ0n) is 17.5. The number of ether oxygens (including phenoxy) is 1. The highest BCUT2D eigenvalue weighted by molar-refractivity contribution is 6.44. The van der Waals surface area contributed by atoms with Gasteiger partial charge >= 0.3 is 0 Å². The summed E-state index contributed by atoms with van der Waals surface area (Å²) in [4.78, 5) is 40.1. The zero-order valence-corrected chi connectivity index (χ0v) is 17.5. The number of para-hydroxylation sites is 3. The van der Waals surface area contributed by atoms with Crippen molar-refractivity contribution in [1.82, 2.24) is 9.47 Å². The molecule has 0 unspecified atom stereocenters. The summed E-state index contributed by atoms with van der Waals surface area (Å²) >= 11 is 0. The molecule has 0 spiro atoms. The van der Waals surface area contributed by atoms with Gasteiger partial charge in [0.1, 0.15) is 12.3 Å². The van der Waals surface area contributed by atoms with Gasteiger partial charge in [-0.05, 0) is 37.5 Å². The van der Waals surface area contributed by atoms with Gasteiger partial charge < -0.3 is 19.5 Å². The number of benzene rings is 2. The molecule has 160 valence electrons. The van der Waals surface area contributed by atoms with Crippen molar-refractivity contribution in [3.63, 3.8) is 0 Å². The number of nitrogens with zero attached hydrogens (tertiary/aromatic N) is 2. The summed E-state index contributed by atoms with van der Waals surface area (Å²) in [5.74, 6) is -0.689. The van der Waals surface area contributed by atoms with Crippen LogP contribution in [0.3, 0.4) is 0 Å². The third kappa shape index (κ3) is 4.30. The fraction of sp³-hybridized carbons (Fsp3) is 0.292. The lowest BCUT2D eigenvalue weighted by atomic mass is 10.1. The molecule has 1 saturated heterocycles. The summed E-state index contributed by atoms with van der Waals surface area (Å²) in [5.41, 5.74) is 1.63. The van der Waals surface area contributed by atoms with E-state index >= 15 is 0 Å². The molecule has 0 saturated carbocycles. The predicted octanol–water partition coefficient (Wildman–Crippen LogP) is 3.48. The largest absolute Gasteiger partial charge is 0.495 e. The predicted molar refractivity (Wildman–Crippen MR) is 118 cm³/mol. The summed E-state index contributed by atoms with van der Waals surface area (Å²) in [6, 6.07) is 14.5. The van der Waals surface area contributed by atoms with Crippen molar-refractivity contribution in [1.29, 1.82) is 0 Å². The number of likely N-dealkylation sites (tertiary alicyclic amines) is 1. The van der Waals surface area contributed by atoms with E-state index in [1.54, 1.807) is 41.0 Å². The maximum absolute atomic E-state index is 13.0. The summed E-state index contributed by atoms with van der Waals surface area (Å²) in [6.07, 6.45) is 4.53. The molecule has 2 aromatic carbocycles. The Morgan fingerprint density at radius 2 is 1.68 bits per heavy atom. The number of fused-ring (bicyclic) bond motifs is 1. The molecule has 2 amide bonds. The highest BCUT2D eigenvalue weighted by Crippen LogP contribution is 2.25. The van der Waals surface area contributed by atoms with Gasteiger partial charge in [0.25, 0.3) is 11.7 Å². The Hall–Kier alpha value is -3.61. The van der Waals surface area contributed by atoms with Crippen LogP contribution < -0.4 is 10.1 Å². The first-order valence-electron chi connectivity index (χ1n) is 10.4. The smallest absolute Gasteiger partial charge is 0.295 e. The van der Waals surface area contributed by atoms with E-state index in [2.05, 4.69) is 5.32 Å². The van der Waals surface area contributed by atoms with Gasteiger partial charge in [-0.2, -0.15) is 0 Å². The number of piperidine rings is 1. The van der Waals surface area contributed by atoms with Gasteiger partial charge in [-0.1, -0.05) is 30.3 Å². The number of aromatic nitrogens is 1. The van der Waals surface area contributed by atoms with Gasteiger partial charge in [-0.3, -0.25) is 14.4 Å². The van der Waals surface area contributed by atoms with Crippen LogP contribution in [0.1, 0.15) is 29.6 Å². The maximum atomic E-state index is 13.0. The number of hydrogen-bond acceptors (Lipinski definition) is 4. The van der Waals surface area contributed by atoms with Crippen molar-refractivity contribution in [2.45, 2.75) is 25.8 Å². The van der Waals surface area contributed by atoms with E-state index in [9.17, 15) is 14.4 Å². The third-order valence-electron chi connectivity index (χ3n) is 5.57. The number of nitrogens with one attached hydrogen (secondary N) is 1. The minimum Gasteiger partial charge on any atom is -0.495 e. The first-order chi connectivity index (χ1) is 15.1. The molecule has 7 nitrogen and oxygen atoms in total. The number of methoxy groups -OCH3 is 1. The lowest BCUT2D eigenvalue weighted by Gasteiger charge is -2.25. The first kappa shape index (κ1) is 20.7. The van der Waals surface area contributed by atoms with Crippen LogP contribution in [0.5, 0.6) is 5.75 Å². The minimum absolute atomic E-state index is 0.00372. The summed E-state index contributed by atoms with van der Waals surface area (Å²) in [5, 5.41) is 3.51. The topological polar surface area (TPSA) is 80.6 Å². The van der Waals surface area contributed by atoms with Crippen LogP contribution in [-0.2, 0) is 16.1 Å². The van der Waals surface area contributed by atoms with Crippen LogP contribution in [0.15, 0.2) is 54.7 Å². The molecule has 3 aromatic rings. The number of rotatable bonds is 6. The van der Waals surface area contributed by atoms with Crippen LogP contribution in [0.25, 0.3) is 10.9 Å². The Morgan fingerprint density at radius 3 is 2.45 bits per heavy atom. The molecule has 2 heterocycles. The van der Waals surface area contributed by atoms with Crippen LogP contribution in [0.2, 0.25) is 0 Å². The molecule has 7 heteroatoms. The maximum Gasteiger partial charge on any atom is 0.295 e. The van der Waals surface area contributed by atoms with Gasteiger partial charge in [0.15, 0.2) is 0 Å². The number of anilines is 1. The van der Waals surface area contributed by atoms with Crippen molar-refractivity contribution in [3.05, 3.63) is 60.3 Å². The van der Waals surface area contributed by atoms with Crippen LogP contribution >= 0.6 is 0 Å². The highest BCUT2D eigenvalue weighted by Gasteiger charge is 2.27. The molecular formula is C24H25N3O4. The molecule has 1 aliphatic rings. The lowest BCUT2D eigenvalue weighted by molar-refractivity contribution is -0.127.